The minimum absolute atomic E-state index is 0. The van der Waals surface area contributed by atoms with Crippen molar-refractivity contribution in [2.75, 3.05) is 23.1 Å². The van der Waals surface area contributed by atoms with E-state index in [1.807, 2.05) is 45.0 Å². The zero-order valence-corrected chi connectivity index (χ0v) is 13.9. The molecule has 0 aliphatic carbocycles. The summed E-state index contributed by atoms with van der Waals surface area (Å²) in [6, 6.07) is 7.71. The van der Waals surface area contributed by atoms with E-state index >= 15 is 0 Å². The van der Waals surface area contributed by atoms with Crippen molar-refractivity contribution in [3.63, 3.8) is 0 Å². The molecule has 0 unspecified atom stereocenters. The van der Waals surface area contributed by atoms with Crippen molar-refractivity contribution in [1.29, 1.82) is 0 Å². The van der Waals surface area contributed by atoms with Gasteiger partial charge in [0.1, 0.15) is 0 Å². The summed E-state index contributed by atoms with van der Waals surface area (Å²) in [6.07, 6.45) is 0. The van der Waals surface area contributed by atoms with Crippen LogP contribution >= 0.6 is 12.4 Å². The molecule has 1 aliphatic heterocycles. The highest BCUT2D eigenvalue weighted by Crippen LogP contribution is 2.27. The van der Waals surface area contributed by atoms with Crippen molar-refractivity contribution in [3.8, 4) is 0 Å². The smallest absolute Gasteiger partial charge is 0.235 e. The molecule has 0 amide bonds. The van der Waals surface area contributed by atoms with Gasteiger partial charge in [0.2, 0.25) is 10.0 Å². The summed E-state index contributed by atoms with van der Waals surface area (Å²) in [5.41, 5.74) is 1.61. The van der Waals surface area contributed by atoms with Gasteiger partial charge < -0.3 is 5.32 Å². The average molecular weight is 319 g/mol. The highest BCUT2D eigenvalue weighted by atomic mass is 35.5. The van der Waals surface area contributed by atoms with E-state index in [1.165, 1.54) is 0 Å². The van der Waals surface area contributed by atoms with Crippen molar-refractivity contribution in [2.24, 2.45) is 5.41 Å². The van der Waals surface area contributed by atoms with Gasteiger partial charge in [-0.1, -0.05) is 39.0 Å². The number of anilines is 1. The third kappa shape index (κ3) is 4.11. The minimum Gasteiger partial charge on any atom is -0.311 e. The highest BCUT2D eigenvalue weighted by molar-refractivity contribution is 7.92. The van der Waals surface area contributed by atoms with E-state index < -0.39 is 10.0 Å². The molecule has 6 heteroatoms. The summed E-state index contributed by atoms with van der Waals surface area (Å²) >= 11 is 0. The Balaban J connectivity index is 0.00000200. The maximum absolute atomic E-state index is 12.6. The van der Waals surface area contributed by atoms with Gasteiger partial charge in [0.25, 0.3) is 0 Å². The Morgan fingerprint density at radius 3 is 2.55 bits per heavy atom. The molecule has 0 saturated heterocycles. The molecular weight excluding hydrogens is 296 g/mol. The predicted molar refractivity (Wildman–Crippen MR) is 86.0 cm³/mol. The molecule has 0 fully saturated rings. The second-order valence-electron chi connectivity index (χ2n) is 6.19. The highest BCUT2D eigenvalue weighted by Gasteiger charge is 2.30. The van der Waals surface area contributed by atoms with Crippen LogP contribution in [0.5, 0.6) is 0 Å². The van der Waals surface area contributed by atoms with Crippen LogP contribution in [-0.2, 0) is 16.6 Å². The van der Waals surface area contributed by atoms with E-state index in [-0.39, 0.29) is 23.6 Å². The Morgan fingerprint density at radius 2 is 1.90 bits per heavy atom. The van der Waals surface area contributed by atoms with Crippen molar-refractivity contribution >= 4 is 28.1 Å². The van der Waals surface area contributed by atoms with E-state index in [2.05, 4.69) is 5.32 Å². The molecule has 20 heavy (non-hydrogen) atoms. The van der Waals surface area contributed by atoms with Gasteiger partial charge in [-0.25, -0.2) is 8.42 Å². The van der Waals surface area contributed by atoms with Crippen LogP contribution in [0.4, 0.5) is 5.69 Å². The monoisotopic (exact) mass is 318 g/mol. The number of para-hydroxylation sites is 1. The van der Waals surface area contributed by atoms with Gasteiger partial charge in [0.15, 0.2) is 0 Å². The summed E-state index contributed by atoms with van der Waals surface area (Å²) in [6.45, 7) is 7.75. The van der Waals surface area contributed by atoms with Gasteiger partial charge in [-0.3, -0.25) is 4.31 Å². The second kappa shape index (κ2) is 6.33. The number of sulfonamides is 1. The second-order valence-corrected chi connectivity index (χ2v) is 8.09. The fourth-order valence-electron chi connectivity index (χ4n) is 2.34. The first-order chi connectivity index (χ1) is 8.80. The molecule has 2 rings (SSSR count). The van der Waals surface area contributed by atoms with Crippen molar-refractivity contribution in [3.05, 3.63) is 29.8 Å². The first kappa shape index (κ1) is 17.3. The summed E-state index contributed by atoms with van der Waals surface area (Å²) in [4.78, 5) is 0. The Labute approximate surface area is 128 Å². The summed E-state index contributed by atoms with van der Waals surface area (Å²) in [5, 5.41) is 3.26. The molecule has 1 aromatic rings. The number of rotatable bonds is 2. The van der Waals surface area contributed by atoms with Crippen LogP contribution < -0.4 is 9.62 Å². The summed E-state index contributed by atoms with van der Waals surface area (Å²) in [5.74, 6) is 0.161. The lowest BCUT2D eigenvalue weighted by Crippen LogP contribution is -2.39. The van der Waals surface area contributed by atoms with Crippen LogP contribution in [0.1, 0.15) is 26.3 Å². The number of benzene rings is 1. The van der Waals surface area contributed by atoms with Crippen LogP contribution in [0.25, 0.3) is 0 Å². The molecule has 0 radical (unpaired) electrons. The zero-order chi connectivity index (χ0) is 14.1. The normalized spacial score (nSPS) is 16.1. The topological polar surface area (TPSA) is 49.4 Å². The molecule has 0 atom stereocenters. The van der Waals surface area contributed by atoms with E-state index in [4.69, 9.17) is 0 Å². The maximum Gasteiger partial charge on any atom is 0.235 e. The predicted octanol–water partition coefficient (Wildman–Crippen LogP) is 2.39. The van der Waals surface area contributed by atoms with E-state index in [0.29, 0.717) is 13.1 Å². The fraction of sp³-hybridized carbons (Fsp3) is 0.571. The molecule has 0 spiro atoms. The van der Waals surface area contributed by atoms with Crippen LogP contribution in [0.3, 0.4) is 0 Å². The average Bonchev–Trinajstić information content (AvgIpc) is 2.47. The summed E-state index contributed by atoms with van der Waals surface area (Å²) in [7, 11) is -3.28. The Morgan fingerprint density at radius 1 is 1.25 bits per heavy atom. The standard InChI is InChI=1S/C14H22N2O2S.ClH/c1-14(2,3)11-19(17,18)16-9-8-15-10-12-6-4-5-7-13(12)16;/h4-7,15H,8-11H2,1-3H3;1H. The molecule has 114 valence electrons. The molecule has 1 heterocycles. The first-order valence-electron chi connectivity index (χ1n) is 6.59. The molecule has 1 aliphatic rings. The number of nitrogens with one attached hydrogen (secondary N) is 1. The van der Waals surface area contributed by atoms with Crippen molar-refractivity contribution < 1.29 is 8.42 Å². The number of hydrogen-bond acceptors (Lipinski definition) is 3. The van der Waals surface area contributed by atoms with Gasteiger partial charge in [0.05, 0.1) is 11.4 Å². The zero-order valence-electron chi connectivity index (χ0n) is 12.2. The number of nitrogens with zero attached hydrogens (tertiary/aromatic N) is 1. The lowest BCUT2D eigenvalue weighted by atomic mass is 10.0. The Hall–Kier alpha value is -0.780. The number of hydrogen-bond donors (Lipinski definition) is 1. The van der Waals surface area contributed by atoms with Crippen LogP contribution in [0.15, 0.2) is 24.3 Å². The van der Waals surface area contributed by atoms with Gasteiger partial charge >= 0.3 is 0 Å². The van der Waals surface area contributed by atoms with Gasteiger partial charge in [0, 0.05) is 19.6 Å². The van der Waals surface area contributed by atoms with E-state index in [1.54, 1.807) is 4.31 Å². The third-order valence-electron chi connectivity index (χ3n) is 3.02. The number of fused-ring (bicyclic) bond motifs is 1. The van der Waals surface area contributed by atoms with E-state index in [0.717, 1.165) is 17.8 Å². The molecule has 1 N–H and O–H groups in total. The molecule has 1 aromatic carbocycles. The quantitative estimate of drug-likeness (QED) is 0.911. The fourth-order valence-corrected chi connectivity index (χ4v) is 4.44. The lowest BCUT2D eigenvalue weighted by Gasteiger charge is -2.28. The largest absolute Gasteiger partial charge is 0.311 e. The van der Waals surface area contributed by atoms with Gasteiger partial charge in [-0.2, -0.15) is 0 Å². The first-order valence-corrected chi connectivity index (χ1v) is 8.20. The molecular formula is C14H23ClN2O2S. The Kier molecular flexibility index (Phi) is 5.46. The minimum atomic E-state index is -3.28. The van der Waals surface area contributed by atoms with Gasteiger partial charge in [-0.15, -0.1) is 12.4 Å². The van der Waals surface area contributed by atoms with Crippen LogP contribution in [0.2, 0.25) is 0 Å². The molecule has 0 bridgehead atoms. The third-order valence-corrected chi connectivity index (χ3v) is 5.30. The Bertz CT molecular complexity index is 553. The SMILES string of the molecule is CC(C)(C)CS(=O)(=O)N1CCNCc2ccccc21.Cl. The summed E-state index contributed by atoms with van der Waals surface area (Å²) < 4.78 is 26.8. The lowest BCUT2D eigenvalue weighted by molar-refractivity contribution is 0.460. The molecule has 0 aromatic heterocycles. The van der Waals surface area contributed by atoms with Crippen molar-refractivity contribution in [2.45, 2.75) is 27.3 Å². The van der Waals surface area contributed by atoms with E-state index in [9.17, 15) is 8.42 Å². The van der Waals surface area contributed by atoms with Crippen LogP contribution in [-0.4, -0.2) is 27.3 Å². The van der Waals surface area contributed by atoms with Crippen molar-refractivity contribution in [1.82, 2.24) is 5.32 Å². The number of halogens is 1. The molecule has 4 nitrogen and oxygen atoms in total. The van der Waals surface area contributed by atoms with Crippen LogP contribution in [0, 0.1) is 5.41 Å². The van der Waals surface area contributed by atoms with Gasteiger partial charge in [-0.05, 0) is 17.0 Å². The molecule has 0 saturated carbocycles. The maximum atomic E-state index is 12.6.